The molecule has 5 nitrogen and oxygen atoms in total. The molecule has 2 aromatic heterocycles. The molecule has 1 aliphatic carbocycles. The molecule has 3 heterocycles. The lowest BCUT2D eigenvalue weighted by Crippen LogP contribution is -2.35. The Labute approximate surface area is 283 Å². The van der Waals surface area contributed by atoms with Crippen LogP contribution in [0.5, 0.6) is 0 Å². The van der Waals surface area contributed by atoms with Crippen LogP contribution in [-0.2, 0) is 5.41 Å². The van der Waals surface area contributed by atoms with Gasteiger partial charge in [0.15, 0.2) is 0 Å². The molecule has 1 atom stereocenters. The highest BCUT2D eigenvalue weighted by Gasteiger charge is 2.45. The summed E-state index contributed by atoms with van der Waals surface area (Å²) < 4.78 is 4.79. The summed E-state index contributed by atoms with van der Waals surface area (Å²) in [7, 11) is 0. The summed E-state index contributed by atoms with van der Waals surface area (Å²) in [5.74, 6) is 0.315. The number of rotatable bonds is 4. The lowest BCUT2D eigenvalue weighted by atomic mass is 9.63. The van der Waals surface area contributed by atoms with E-state index < -0.39 is 5.41 Å². The number of aromatic nitrogens is 2. The summed E-state index contributed by atoms with van der Waals surface area (Å²) in [5.41, 5.74) is 12.0. The quantitative estimate of drug-likeness (QED) is 0.143. The molecule has 5 heteroatoms. The van der Waals surface area contributed by atoms with Gasteiger partial charge in [-0.15, -0.1) is 0 Å². The number of nitrogens with zero attached hydrogens (tertiary/aromatic N) is 3. The number of fused-ring (bicyclic) bond motifs is 8. The molecule has 0 radical (unpaired) electrons. The zero-order chi connectivity index (χ0) is 32.9. The lowest BCUT2D eigenvalue weighted by Gasteiger charge is -2.42. The number of allylic oxidation sites excluding steroid dienone is 1. The van der Waals surface area contributed by atoms with Gasteiger partial charge in [-0.25, -0.2) is 0 Å². The minimum Gasteiger partial charge on any atom is -0.313 e. The highest BCUT2D eigenvalue weighted by atomic mass is 16.6. The number of nitro groups is 1. The van der Waals surface area contributed by atoms with Crippen LogP contribution in [0.1, 0.15) is 52.8 Å². The van der Waals surface area contributed by atoms with Crippen molar-refractivity contribution in [3.05, 3.63) is 189 Å². The second kappa shape index (κ2) is 10.1. The lowest BCUT2D eigenvalue weighted by molar-refractivity contribution is -0.384. The summed E-state index contributed by atoms with van der Waals surface area (Å²) in [5, 5.41) is 15.3. The number of benzene rings is 6. The van der Waals surface area contributed by atoms with Gasteiger partial charge in [-0.05, 0) is 59.0 Å². The van der Waals surface area contributed by atoms with Gasteiger partial charge in [0, 0.05) is 51.2 Å². The van der Waals surface area contributed by atoms with E-state index in [1.807, 2.05) is 6.07 Å². The van der Waals surface area contributed by atoms with E-state index in [0.29, 0.717) is 5.92 Å². The minimum absolute atomic E-state index is 0.0889. The minimum atomic E-state index is -0.668. The maximum atomic E-state index is 12.2. The summed E-state index contributed by atoms with van der Waals surface area (Å²) in [6.45, 7) is 2.31. The molecule has 0 fully saturated rings. The van der Waals surface area contributed by atoms with Gasteiger partial charge in [-0.3, -0.25) is 10.1 Å². The third-order valence-corrected chi connectivity index (χ3v) is 10.9. The first kappa shape index (κ1) is 27.9. The molecule has 1 aliphatic heterocycles. The summed E-state index contributed by atoms with van der Waals surface area (Å²) >= 11 is 0. The predicted octanol–water partition coefficient (Wildman–Crippen LogP) is 10.9. The van der Waals surface area contributed by atoms with Gasteiger partial charge >= 0.3 is 0 Å². The Morgan fingerprint density at radius 3 is 2.10 bits per heavy atom. The monoisotopic (exact) mass is 633 g/mol. The average molecular weight is 634 g/mol. The second-order valence-electron chi connectivity index (χ2n) is 13.4. The van der Waals surface area contributed by atoms with Gasteiger partial charge in [-0.2, -0.15) is 0 Å². The van der Waals surface area contributed by atoms with E-state index in [0.717, 1.165) is 50.7 Å². The van der Waals surface area contributed by atoms with Crippen molar-refractivity contribution in [2.45, 2.75) is 24.7 Å². The van der Waals surface area contributed by atoms with Crippen molar-refractivity contribution < 1.29 is 4.92 Å². The van der Waals surface area contributed by atoms with E-state index in [4.69, 9.17) is 0 Å². The van der Waals surface area contributed by atoms with Crippen LogP contribution in [0.15, 0.2) is 146 Å². The van der Waals surface area contributed by atoms with E-state index in [1.165, 1.54) is 33.3 Å². The Hall–Kier alpha value is -6.20. The second-order valence-corrected chi connectivity index (χ2v) is 13.4. The molecular formula is C44H31N3O2. The van der Waals surface area contributed by atoms with Crippen LogP contribution in [0.3, 0.4) is 0 Å². The van der Waals surface area contributed by atoms with Crippen molar-refractivity contribution in [1.29, 1.82) is 0 Å². The van der Waals surface area contributed by atoms with E-state index >= 15 is 0 Å². The van der Waals surface area contributed by atoms with Crippen molar-refractivity contribution in [3.8, 4) is 11.4 Å². The van der Waals surface area contributed by atoms with Crippen molar-refractivity contribution >= 4 is 44.5 Å². The SMILES string of the molecule is CC1CC=Cc2c1n(-c1cc3c4c(c1)c1cc([N+](=O)[O-])ccc1n4-c1ccccc1C3(c1ccccc1)c1ccccc1)c1ccccc21. The Morgan fingerprint density at radius 1 is 0.673 bits per heavy atom. The van der Waals surface area contributed by atoms with Gasteiger partial charge in [-0.1, -0.05) is 116 Å². The Bertz CT molecular complexity index is 2640. The first-order valence-electron chi connectivity index (χ1n) is 16.9. The Kier molecular flexibility index (Phi) is 5.77. The maximum absolute atomic E-state index is 12.2. The molecule has 0 saturated heterocycles. The molecule has 8 aromatic rings. The fourth-order valence-corrected chi connectivity index (χ4v) is 8.92. The maximum Gasteiger partial charge on any atom is 0.270 e. The molecule has 0 saturated carbocycles. The third-order valence-electron chi connectivity index (χ3n) is 10.9. The zero-order valence-corrected chi connectivity index (χ0v) is 26.9. The van der Waals surface area contributed by atoms with Crippen LogP contribution < -0.4 is 0 Å². The van der Waals surface area contributed by atoms with Gasteiger partial charge in [0.25, 0.3) is 5.69 Å². The van der Waals surface area contributed by atoms with Crippen LogP contribution >= 0.6 is 0 Å². The van der Waals surface area contributed by atoms with Crippen LogP contribution in [0.2, 0.25) is 0 Å². The molecule has 0 spiro atoms. The molecule has 10 rings (SSSR count). The number of hydrogen-bond acceptors (Lipinski definition) is 2. The average Bonchev–Trinajstić information content (AvgIpc) is 3.67. The molecule has 49 heavy (non-hydrogen) atoms. The molecule has 6 aromatic carbocycles. The highest BCUT2D eigenvalue weighted by Crippen LogP contribution is 2.55. The first-order valence-corrected chi connectivity index (χ1v) is 16.9. The van der Waals surface area contributed by atoms with Crippen molar-refractivity contribution in [1.82, 2.24) is 9.13 Å². The van der Waals surface area contributed by atoms with Crippen molar-refractivity contribution in [2.75, 3.05) is 0 Å². The fourth-order valence-electron chi connectivity index (χ4n) is 8.92. The van der Waals surface area contributed by atoms with E-state index in [1.54, 1.807) is 12.1 Å². The summed E-state index contributed by atoms with van der Waals surface area (Å²) in [4.78, 5) is 11.9. The first-order chi connectivity index (χ1) is 24.1. The van der Waals surface area contributed by atoms with Crippen molar-refractivity contribution in [2.24, 2.45) is 0 Å². The summed E-state index contributed by atoms with van der Waals surface area (Å²) in [6.07, 6.45) is 5.53. The van der Waals surface area contributed by atoms with Crippen LogP contribution in [0.25, 0.3) is 50.2 Å². The van der Waals surface area contributed by atoms with Gasteiger partial charge in [0.05, 0.1) is 32.6 Å². The molecule has 1 unspecified atom stereocenters. The molecule has 0 amide bonds. The molecule has 2 aliphatic rings. The normalized spacial score (nSPS) is 15.8. The van der Waals surface area contributed by atoms with Crippen LogP contribution in [0, 0.1) is 10.1 Å². The van der Waals surface area contributed by atoms with E-state index in [-0.39, 0.29) is 10.6 Å². The van der Waals surface area contributed by atoms with Crippen LogP contribution in [0.4, 0.5) is 5.69 Å². The third kappa shape index (κ3) is 3.64. The molecule has 0 bridgehead atoms. The predicted molar refractivity (Wildman–Crippen MR) is 198 cm³/mol. The van der Waals surface area contributed by atoms with E-state index in [9.17, 15) is 10.1 Å². The van der Waals surface area contributed by atoms with Gasteiger partial charge < -0.3 is 9.13 Å². The highest BCUT2D eigenvalue weighted by molar-refractivity contribution is 6.13. The molecular weight excluding hydrogens is 603 g/mol. The van der Waals surface area contributed by atoms with Crippen LogP contribution in [-0.4, -0.2) is 14.1 Å². The fraction of sp³-hybridized carbons (Fsp3) is 0.0909. The van der Waals surface area contributed by atoms with Crippen molar-refractivity contribution in [3.63, 3.8) is 0 Å². The standard InChI is InChI=1S/C44H31N3O2/c1-28-13-12-19-34-33-18-8-10-21-39(33)45(42(28)34)32-26-36-35-25-31(47(48)49)23-24-40(35)46-41-22-11-9-20-37(41)44(38(27-32)43(36)46,29-14-4-2-5-15-29)30-16-6-3-7-17-30/h2-12,14-28H,13H2,1H3. The number of non-ortho nitro benzene ring substituents is 1. The van der Waals surface area contributed by atoms with E-state index in [2.05, 4.69) is 150 Å². The Balaban J connectivity index is 1.46. The Morgan fingerprint density at radius 2 is 1.35 bits per heavy atom. The van der Waals surface area contributed by atoms with Gasteiger partial charge in [0.2, 0.25) is 0 Å². The number of hydrogen-bond donors (Lipinski definition) is 0. The molecule has 234 valence electrons. The topological polar surface area (TPSA) is 53.0 Å². The smallest absolute Gasteiger partial charge is 0.270 e. The largest absolute Gasteiger partial charge is 0.313 e. The zero-order valence-electron chi connectivity index (χ0n) is 26.9. The number of nitro benzene ring substituents is 1. The molecule has 0 N–H and O–H groups in total. The van der Waals surface area contributed by atoms with Gasteiger partial charge in [0.1, 0.15) is 0 Å². The number of para-hydroxylation sites is 2. The summed E-state index contributed by atoms with van der Waals surface area (Å²) in [6, 6.07) is 49.0.